The van der Waals surface area contributed by atoms with Crippen molar-refractivity contribution in [3.63, 3.8) is 0 Å². The summed E-state index contributed by atoms with van der Waals surface area (Å²) in [6, 6.07) is 10.9. The molecule has 7 nitrogen and oxygen atoms in total. The predicted octanol–water partition coefficient (Wildman–Crippen LogP) is 4.17. The van der Waals surface area contributed by atoms with E-state index in [0.717, 1.165) is 55.3 Å². The number of benzene rings is 2. The van der Waals surface area contributed by atoms with Crippen molar-refractivity contribution in [2.45, 2.75) is 50.7 Å². The van der Waals surface area contributed by atoms with Gasteiger partial charge in [-0.25, -0.2) is 0 Å². The lowest BCUT2D eigenvalue weighted by Gasteiger charge is -2.33. The maximum absolute atomic E-state index is 13.1. The Bertz CT molecular complexity index is 1140. The van der Waals surface area contributed by atoms with Crippen LogP contribution < -0.4 is 5.32 Å². The van der Waals surface area contributed by atoms with Gasteiger partial charge in [-0.05, 0) is 79.5 Å². The molecule has 2 aromatic carbocycles. The van der Waals surface area contributed by atoms with Crippen molar-refractivity contribution in [3.05, 3.63) is 57.6 Å². The van der Waals surface area contributed by atoms with E-state index in [2.05, 4.69) is 5.32 Å². The summed E-state index contributed by atoms with van der Waals surface area (Å²) in [5.41, 5.74) is 2.88. The number of carbonyl (C=O) groups excluding carboxylic acids is 3. The Balaban J connectivity index is 1.41. The van der Waals surface area contributed by atoms with E-state index < -0.39 is 0 Å². The topological polar surface area (TPSA) is 90.0 Å². The summed E-state index contributed by atoms with van der Waals surface area (Å²) in [5.74, 6) is -0.508. The quantitative estimate of drug-likeness (QED) is 0.546. The molecule has 0 aromatic heterocycles. The molecule has 9 heteroatoms. The number of likely N-dealkylation sites (tertiary alicyclic amines) is 1. The molecule has 3 amide bonds. The molecule has 2 N–H and O–H groups in total. The first-order valence-electron chi connectivity index (χ1n) is 12.7. The Labute approximate surface area is 227 Å². The van der Waals surface area contributed by atoms with Gasteiger partial charge in [-0.3, -0.25) is 14.4 Å². The van der Waals surface area contributed by atoms with Crippen molar-refractivity contribution in [3.8, 4) is 11.1 Å². The maximum Gasteiger partial charge on any atom is 0.251 e. The molecule has 1 aliphatic heterocycles. The highest BCUT2D eigenvalue weighted by atomic mass is 35.5. The standard InChI is InChI=1S/C28H33Cl2N3O4/c1-32(2)26(35)16-31-27(36)18-5-3-17(4-6-18)20-14-24(29)23(25(30)15-20)13-19-11-12-33(28(19)37)21-7-9-22(34)10-8-21/h3-6,14-15,19,21-22,34H,7-13,16H2,1-2H3,(H,31,36)/t19-,21?,22?/m0/s1. The molecule has 0 unspecified atom stereocenters. The van der Waals surface area contributed by atoms with Crippen LogP contribution in [0.4, 0.5) is 0 Å². The number of aliphatic hydroxyl groups excluding tert-OH is 1. The summed E-state index contributed by atoms with van der Waals surface area (Å²) in [7, 11) is 3.27. The van der Waals surface area contributed by atoms with E-state index in [9.17, 15) is 19.5 Å². The first-order chi connectivity index (χ1) is 17.6. The molecule has 37 heavy (non-hydrogen) atoms. The van der Waals surface area contributed by atoms with Crippen molar-refractivity contribution in [2.24, 2.45) is 5.92 Å². The van der Waals surface area contributed by atoms with Gasteiger partial charge >= 0.3 is 0 Å². The molecule has 2 aromatic rings. The Morgan fingerprint density at radius 2 is 1.62 bits per heavy atom. The SMILES string of the molecule is CN(C)C(=O)CNC(=O)c1ccc(-c2cc(Cl)c(C[C@@H]3CCN(C4CCC(O)CC4)C3=O)c(Cl)c2)cc1. The fourth-order valence-corrected chi connectivity index (χ4v) is 5.77. The van der Waals surface area contributed by atoms with Gasteiger partial charge in [0.1, 0.15) is 0 Å². The average Bonchev–Trinajstić information content (AvgIpc) is 3.24. The molecule has 2 aliphatic rings. The van der Waals surface area contributed by atoms with Crippen LogP contribution in [0.5, 0.6) is 0 Å². The molecule has 4 rings (SSSR count). The molecular formula is C28H33Cl2N3O4. The van der Waals surface area contributed by atoms with Crippen LogP contribution in [-0.4, -0.2) is 72.0 Å². The first kappa shape index (κ1) is 27.4. The number of hydrogen-bond donors (Lipinski definition) is 2. The second kappa shape index (κ2) is 11.8. The van der Waals surface area contributed by atoms with E-state index >= 15 is 0 Å². The summed E-state index contributed by atoms with van der Waals surface area (Å²) in [5, 5.41) is 13.4. The van der Waals surface area contributed by atoms with Gasteiger partial charge in [-0.1, -0.05) is 35.3 Å². The largest absolute Gasteiger partial charge is 0.393 e. The van der Waals surface area contributed by atoms with Gasteiger partial charge in [-0.2, -0.15) is 0 Å². The summed E-state index contributed by atoms with van der Waals surface area (Å²) in [6.07, 6.45) is 4.23. The molecule has 1 heterocycles. The monoisotopic (exact) mass is 545 g/mol. The van der Waals surface area contributed by atoms with Gasteiger partial charge in [0.15, 0.2) is 0 Å². The van der Waals surface area contributed by atoms with Gasteiger partial charge < -0.3 is 20.2 Å². The van der Waals surface area contributed by atoms with Gasteiger partial charge in [0.2, 0.25) is 11.8 Å². The number of carbonyl (C=O) groups is 3. The molecule has 1 aliphatic carbocycles. The number of nitrogens with zero attached hydrogens (tertiary/aromatic N) is 2. The van der Waals surface area contributed by atoms with Crippen LogP contribution in [0.3, 0.4) is 0 Å². The number of hydrogen-bond acceptors (Lipinski definition) is 4. The fraction of sp³-hybridized carbons (Fsp3) is 0.464. The van der Waals surface area contributed by atoms with Crippen LogP contribution >= 0.6 is 23.2 Å². The number of aliphatic hydroxyl groups is 1. The molecule has 1 atom stereocenters. The lowest BCUT2D eigenvalue weighted by Crippen LogP contribution is -2.41. The highest BCUT2D eigenvalue weighted by molar-refractivity contribution is 6.36. The molecule has 0 radical (unpaired) electrons. The van der Waals surface area contributed by atoms with E-state index in [1.165, 1.54) is 4.90 Å². The Morgan fingerprint density at radius 3 is 2.22 bits per heavy atom. The van der Waals surface area contributed by atoms with Crippen LogP contribution in [0.15, 0.2) is 36.4 Å². The van der Waals surface area contributed by atoms with Gasteiger partial charge in [0.25, 0.3) is 5.91 Å². The lowest BCUT2D eigenvalue weighted by molar-refractivity contribution is -0.134. The zero-order valence-corrected chi connectivity index (χ0v) is 22.7. The molecule has 198 valence electrons. The minimum Gasteiger partial charge on any atom is -0.393 e. The number of halogens is 2. The second-order valence-corrected chi connectivity index (χ2v) is 11.0. The van der Waals surface area contributed by atoms with Crippen molar-refractivity contribution in [2.75, 3.05) is 27.2 Å². The minimum absolute atomic E-state index is 0.0642. The number of rotatable bonds is 7. The van der Waals surface area contributed by atoms with Crippen LogP contribution in [-0.2, 0) is 16.0 Å². The third-order valence-electron chi connectivity index (χ3n) is 7.43. The van der Waals surface area contributed by atoms with Crippen molar-refractivity contribution < 1.29 is 19.5 Å². The zero-order chi connectivity index (χ0) is 26.7. The van der Waals surface area contributed by atoms with Crippen molar-refractivity contribution in [1.82, 2.24) is 15.1 Å². The molecule has 2 fully saturated rings. The molecule has 0 bridgehead atoms. The summed E-state index contributed by atoms with van der Waals surface area (Å²) >= 11 is 13.3. The summed E-state index contributed by atoms with van der Waals surface area (Å²) in [6.45, 7) is 0.673. The van der Waals surface area contributed by atoms with Crippen molar-refractivity contribution >= 4 is 40.9 Å². The van der Waals surface area contributed by atoms with Gasteiger partial charge in [0.05, 0.1) is 12.6 Å². The average molecular weight is 546 g/mol. The Kier molecular flexibility index (Phi) is 8.78. The zero-order valence-electron chi connectivity index (χ0n) is 21.2. The highest BCUT2D eigenvalue weighted by Gasteiger charge is 2.37. The fourth-order valence-electron chi connectivity index (χ4n) is 5.13. The number of nitrogens with one attached hydrogen (secondary N) is 1. The summed E-state index contributed by atoms with van der Waals surface area (Å²) in [4.78, 5) is 40.6. The van der Waals surface area contributed by atoms with E-state index in [1.807, 2.05) is 29.2 Å². The second-order valence-electron chi connectivity index (χ2n) is 10.2. The normalized spacial score (nSPS) is 21.7. The minimum atomic E-state index is -0.326. The Hall–Kier alpha value is -2.61. The number of amides is 3. The van der Waals surface area contributed by atoms with Crippen LogP contribution in [0.1, 0.15) is 48.0 Å². The summed E-state index contributed by atoms with van der Waals surface area (Å²) < 4.78 is 0. The van der Waals surface area contributed by atoms with E-state index in [-0.39, 0.29) is 42.3 Å². The first-order valence-corrected chi connectivity index (χ1v) is 13.4. The number of likely N-dealkylation sites (N-methyl/N-ethyl adjacent to an activating group) is 1. The lowest BCUT2D eigenvalue weighted by atomic mass is 9.92. The predicted molar refractivity (Wildman–Crippen MR) is 145 cm³/mol. The highest BCUT2D eigenvalue weighted by Crippen LogP contribution is 2.36. The third kappa shape index (κ3) is 6.46. The van der Waals surface area contributed by atoms with E-state index in [4.69, 9.17) is 23.2 Å². The molecule has 1 saturated carbocycles. The van der Waals surface area contributed by atoms with E-state index in [0.29, 0.717) is 22.0 Å². The maximum atomic E-state index is 13.1. The molecule has 1 saturated heterocycles. The van der Waals surface area contributed by atoms with Crippen LogP contribution in [0, 0.1) is 5.92 Å². The third-order valence-corrected chi connectivity index (χ3v) is 8.10. The van der Waals surface area contributed by atoms with Crippen molar-refractivity contribution in [1.29, 1.82) is 0 Å². The van der Waals surface area contributed by atoms with Gasteiger partial charge in [-0.15, -0.1) is 0 Å². The van der Waals surface area contributed by atoms with Crippen LogP contribution in [0.2, 0.25) is 10.0 Å². The van der Waals surface area contributed by atoms with Crippen LogP contribution in [0.25, 0.3) is 11.1 Å². The molecular weight excluding hydrogens is 513 g/mol. The van der Waals surface area contributed by atoms with Gasteiger partial charge in [0, 0.05) is 48.2 Å². The Morgan fingerprint density at radius 1 is 1.00 bits per heavy atom. The molecule has 0 spiro atoms. The smallest absolute Gasteiger partial charge is 0.251 e. The van der Waals surface area contributed by atoms with E-state index in [1.54, 1.807) is 26.2 Å².